The van der Waals surface area contributed by atoms with Gasteiger partial charge < -0.3 is 14.5 Å². The third-order valence-corrected chi connectivity index (χ3v) is 4.99. The number of hydrogen-bond acceptors (Lipinski definition) is 4. The molecule has 0 unspecified atom stereocenters. The van der Waals surface area contributed by atoms with E-state index in [0.29, 0.717) is 5.76 Å². The summed E-state index contributed by atoms with van der Waals surface area (Å²) in [6.45, 7) is 6.45. The van der Waals surface area contributed by atoms with Gasteiger partial charge in [0.15, 0.2) is 10.9 Å². The maximum atomic E-state index is 12.3. The van der Waals surface area contributed by atoms with Crippen LogP contribution in [0, 0.1) is 13.8 Å². The van der Waals surface area contributed by atoms with Crippen molar-refractivity contribution in [2.24, 2.45) is 0 Å². The zero-order valence-electron chi connectivity index (χ0n) is 18.7. The van der Waals surface area contributed by atoms with Gasteiger partial charge in [0, 0.05) is 5.69 Å². The molecule has 0 spiro atoms. The highest BCUT2D eigenvalue weighted by Crippen LogP contribution is 2.18. The van der Waals surface area contributed by atoms with Gasteiger partial charge in [0.2, 0.25) is 0 Å². The van der Waals surface area contributed by atoms with Crippen LogP contribution in [0.4, 0.5) is 5.69 Å². The van der Waals surface area contributed by atoms with Crippen LogP contribution < -0.4 is 20.9 Å². The number of rotatable bonds is 8. The molecule has 2 aromatic carbocycles. The number of ether oxygens (including phenoxy) is 1. The number of anilines is 1. The zero-order valence-corrected chi connectivity index (χ0v) is 19.5. The Morgan fingerprint density at radius 3 is 2.41 bits per heavy atom. The average molecular weight is 452 g/mol. The summed E-state index contributed by atoms with van der Waals surface area (Å²) in [6, 6.07) is 17.4. The first-order valence-corrected chi connectivity index (χ1v) is 11.1. The second kappa shape index (κ2) is 11.3. The van der Waals surface area contributed by atoms with Crippen molar-refractivity contribution in [3.05, 3.63) is 82.8 Å². The molecule has 3 N–H and O–H groups in total. The van der Waals surface area contributed by atoms with E-state index in [1.807, 2.05) is 38.1 Å². The molecule has 0 atom stereocenters. The minimum atomic E-state index is -0.429. The molecule has 3 aromatic rings. The Labute approximate surface area is 194 Å². The number of carbonyl (C=O) groups is 1. The molecule has 1 heterocycles. The number of carbonyl (C=O) groups excluding carboxylic acids is 1. The Morgan fingerprint density at radius 2 is 1.72 bits per heavy atom. The summed E-state index contributed by atoms with van der Waals surface area (Å²) in [5.41, 5.74) is 9.61. The Balaban J connectivity index is 1.44. The number of hydrazine groups is 1. The molecule has 0 saturated heterocycles. The maximum Gasteiger partial charge on any atom is 0.305 e. The fraction of sp³-hybridized carbons (Fsp3) is 0.280. The van der Waals surface area contributed by atoms with Gasteiger partial charge >= 0.3 is 5.91 Å². The molecule has 6 nitrogen and oxygen atoms in total. The lowest BCUT2D eigenvalue weighted by atomic mass is 10.1. The largest absolute Gasteiger partial charge is 0.486 e. The standard InChI is InChI=1S/C25H29N3O3S/c1-4-5-6-19-7-9-20(10-8-19)26-25(32)28-27-24(29)23-12-11-21(31-23)16-30-22-14-17(2)13-18(3)15-22/h7-15H,4-6,16H2,1-3H3,(H,27,29)(H2,26,28,32). The Kier molecular flexibility index (Phi) is 8.27. The fourth-order valence-corrected chi connectivity index (χ4v) is 3.39. The summed E-state index contributed by atoms with van der Waals surface area (Å²) in [6.07, 6.45) is 3.41. The molecule has 168 valence electrons. The Morgan fingerprint density at radius 1 is 1.00 bits per heavy atom. The van der Waals surface area contributed by atoms with Crippen molar-refractivity contribution in [3.8, 4) is 5.75 Å². The van der Waals surface area contributed by atoms with Crippen LogP contribution in [0.25, 0.3) is 0 Å². The smallest absolute Gasteiger partial charge is 0.305 e. The van der Waals surface area contributed by atoms with Crippen LogP contribution in [0.3, 0.4) is 0 Å². The number of aryl methyl sites for hydroxylation is 3. The number of amides is 1. The maximum absolute atomic E-state index is 12.3. The topological polar surface area (TPSA) is 75.5 Å². The molecule has 0 radical (unpaired) electrons. The number of hydrogen-bond donors (Lipinski definition) is 3. The highest BCUT2D eigenvalue weighted by Gasteiger charge is 2.12. The lowest BCUT2D eigenvalue weighted by Gasteiger charge is -2.11. The van der Waals surface area contributed by atoms with Crippen molar-refractivity contribution in [2.75, 3.05) is 5.32 Å². The first-order valence-electron chi connectivity index (χ1n) is 10.7. The van der Waals surface area contributed by atoms with E-state index in [4.69, 9.17) is 21.4 Å². The predicted molar refractivity (Wildman–Crippen MR) is 131 cm³/mol. The number of thiocarbonyl (C=S) groups is 1. The van der Waals surface area contributed by atoms with Crippen molar-refractivity contribution < 1.29 is 13.9 Å². The van der Waals surface area contributed by atoms with E-state index >= 15 is 0 Å². The molecule has 0 fully saturated rings. The van der Waals surface area contributed by atoms with Crippen molar-refractivity contribution in [1.82, 2.24) is 10.9 Å². The fourth-order valence-electron chi connectivity index (χ4n) is 3.22. The predicted octanol–water partition coefficient (Wildman–Crippen LogP) is 5.45. The van der Waals surface area contributed by atoms with Crippen LogP contribution in [0.2, 0.25) is 0 Å². The third-order valence-electron chi connectivity index (χ3n) is 4.78. The highest BCUT2D eigenvalue weighted by molar-refractivity contribution is 7.80. The Bertz CT molecular complexity index is 1040. The SMILES string of the molecule is CCCCc1ccc(NC(=S)NNC(=O)c2ccc(COc3cc(C)cc(C)c3)o2)cc1. The van der Waals surface area contributed by atoms with Crippen LogP contribution in [0.15, 0.2) is 59.0 Å². The minimum Gasteiger partial charge on any atom is -0.486 e. The summed E-state index contributed by atoms with van der Waals surface area (Å²) in [5, 5.41) is 3.32. The van der Waals surface area contributed by atoms with E-state index in [0.717, 1.165) is 29.0 Å². The van der Waals surface area contributed by atoms with Gasteiger partial charge in [-0.2, -0.15) is 0 Å². The van der Waals surface area contributed by atoms with Crippen LogP contribution >= 0.6 is 12.2 Å². The number of nitrogens with one attached hydrogen (secondary N) is 3. The molecule has 32 heavy (non-hydrogen) atoms. The number of unbranched alkanes of at least 4 members (excludes halogenated alkanes) is 1. The van der Waals surface area contributed by atoms with Gasteiger partial charge in [-0.3, -0.25) is 15.6 Å². The lowest BCUT2D eigenvalue weighted by Crippen LogP contribution is -2.43. The summed E-state index contributed by atoms with van der Waals surface area (Å²) in [5.74, 6) is 1.06. The van der Waals surface area contributed by atoms with Gasteiger partial charge in [-0.15, -0.1) is 0 Å². The second-order valence-corrected chi connectivity index (χ2v) is 8.12. The molecular weight excluding hydrogens is 422 g/mol. The van der Waals surface area contributed by atoms with Crippen molar-refractivity contribution in [2.45, 2.75) is 46.6 Å². The number of benzene rings is 2. The highest BCUT2D eigenvalue weighted by atomic mass is 32.1. The van der Waals surface area contributed by atoms with E-state index in [-0.39, 0.29) is 17.5 Å². The molecule has 0 saturated carbocycles. The van der Waals surface area contributed by atoms with E-state index in [2.05, 4.69) is 41.3 Å². The van der Waals surface area contributed by atoms with E-state index in [9.17, 15) is 4.79 Å². The normalized spacial score (nSPS) is 10.5. The van der Waals surface area contributed by atoms with Crippen molar-refractivity contribution in [3.63, 3.8) is 0 Å². The lowest BCUT2D eigenvalue weighted by molar-refractivity contribution is 0.0912. The molecule has 1 amide bonds. The first-order chi connectivity index (χ1) is 15.4. The summed E-state index contributed by atoms with van der Waals surface area (Å²) in [7, 11) is 0. The summed E-state index contributed by atoms with van der Waals surface area (Å²) < 4.78 is 11.4. The summed E-state index contributed by atoms with van der Waals surface area (Å²) >= 11 is 5.24. The molecule has 0 aliphatic rings. The van der Waals surface area contributed by atoms with Crippen LogP contribution in [-0.4, -0.2) is 11.0 Å². The molecule has 0 aliphatic heterocycles. The van der Waals surface area contributed by atoms with Gasteiger partial charge in [0.05, 0.1) is 0 Å². The van der Waals surface area contributed by atoms with E-state index in [1.165, 1.54) is 18.4 Å². The quantitative estimate of drug-likeness (QED) is 0.312. The van der Waals surface area contributed by atoms with E-state index in [1.54, 1.807) is 12.1 Å². The van der Waals surface area contributed by atoms with Gasteiger partial charge in [-0.1, -0.05) is 31.5 Å². The van der Waals surface area contributed by atoms with Crippen LogP contribution in [-0.2, 0) is 13.0 Å². The average Bonchev–Trinajstić information content (AvgIpc) is 3.24. The molecule has 7 heteroatoms. The second-order valence-electron chi connectivity index (χ2n) is 7.71. The van der Waals surface area contributed by atoms with Crippen LogP contribution in [0.1, 0.15) is 52.8 Å². The monoisotopic (exact) mass is 451 g/mol. The van der Waals surface area contributed by atoms with Gasteiger partial charge in [-0.05, 0) is 92.0 Å². The minimum absolute atomic E-state index is 0.166. The zero-order chi connectivity index (χ0) is 22.9. The molecule has 0 aliphatic carbocycles. The summed E-state index contributed by atoms with van der Waals surface area (Å²) in [4.78, 5) is 12.3. The van der Waals surface area contributed by atoms with Crippen LogP contribution in [0.5, 0.6) is 5.75 Å². The molecule has 1 aromatic heterocycles. The van der Waals surface area contributed by atoms with Crippen molar-refractivity contribution >= 4 is 28.9 Å². The number of furan rings is 1. The van der Waals surface area contributed by atoms with Crippen molar-refractivity contribution in [1.29, 1.82) is 0 Å². The molecule has 0 bridgehead atoms. The molecule has 3 rings (SSSR count). The Hall–Kier alpha value is -3.32. The van der Waals surface area contributed by atoms with E-state index < -0.39 is 5.91 Å². The first kappa shape index (κ1) is 23.3. The third kappa shape index (κ3) is 7.13. The van der Waals surface area contributed by atoms with Gasteiger partial charge in [0.1, 0.15) is 18.1 Å². The van der Waals surface area contributed by atoms with Gasteiger partial charge in [0.25, 0.3) is 0 Å². The van der Waals surface area contributed by atoms with Gasteiger partial charge in [-0.25, -0.2) is 0 Å². The molecular formula is C25H29N3O3S.